The van der Waals surface area contributed by atoms with Gasteiger partial charge in [-0.2, -0.15) is 0 Å². The van der Waals surface area contributed by atoms with Gasteiger partial charge in [-0.15, -0.1) is 11.3 Å². The van der Waals surface area contributed by atoms with E-state index in [0.717, 1.165) is 56.2 Å². The van der Waals surface area contributed by atoms with Gasteiger partial charge in [-0.05, 0) is 63.4 Å². The molecule has 2 aliphatic rings. The summed E-state index contributed by atoms with van der Waals surface area (Å²) in [7, 11) is 1.38. The minimum atomic E-state index is -0.423. The summed E-state index contributed by atoms with van der Waals surface area (Å²) in [4.78, 5) is 29.9. The van der Waals surface area contributed by atoms with E-state index in [1.165, 1.54) is 18.4 Å². The topological polar surface area (TPSA) is 76.1 Å². The van der Waals surface area contributed by atoms with Gasteiger partial charge in [0.1, 0.15) is 4.88 Å². The first kappa shape index (κ1) is 26.7. The molecule has 1 N–H and O–H groups in total. The molecule has 188 valence electrons. The van der Waals surface area contributed by atoms with Gasteiger partial charge in [0.25, 0.3) is 0 Å². The molecule has 7 heteroatoms. The zero-order valence-electron chi connectivity index (χ0n) is 21.0. The number of hydrogen-bond acceptors (Lipinski definition) is 6. The Kier molecular flexibility index (Phi) is 9.99. The summed E-state index contributed by atoms with van der Waals surface area (Å²) in [5.74, 6) is 6.89. The van der Waals surface area contributed by atoms with Crippen LogP contribution in [0, 0.1) is 29.6 Å². The molecule has 1 aromatic heterocycles. The molecule has 0 atom stereocenters. The van der Waals surface area contributed by atoms with Crippen molar-refractivity contribution < 1.29 is 24.2 Å². The number of ether oxygens (including phenoxy) is 2. The second-order valence-electron chi connectivity index (χ2n) is 9.93. The third-order valence-corrected chi connectivity index (χ3v) is 7.90. The largest absolute Gasteiger partial charge is 0.465 e. The molecule has 2 aliphatic carbocycles. The molecule has 0 spiro atoms. The number of hydrogen-bond donors (Lipinski definition) is 1. The van der Waals surface area contributed by atoms with Crippen LogP contribution in [0.25, 0.3) is 0 Å². The Balaban J connectivity index is 1.94. The Morgan fingerprint density at radius 3 is 2.41 bits per heavy atom. The van der Waals surface area contributed by atoms with Gasteiger partial charge in [-0.3, -0.25) is 4.79 Å². The van der Waals surface area contributed by atoms with Crippen molar-refractivity contribution >= 4 is 28.9 Å². The van der Waals surface area contributed by atoms with Crippen LogP contribution < -0.4 is 4.90 Å². The summed E-state index contributed by atoms with van der Waals surface area (Å²) in [6.45, 7) is 6.66. The Bertz CT molecular complexity index is 883. The highest BCUT2D eigenvalue weighted by atomic mass is 32.1. The smallest absolute Gasteiger partial charge is 0.350 e. The fourth-order valence-electron chi connectivity index (χ4n) is 4.96. The summed E-state index contributed by atoms with van der Waals surface area (Å²) in [6.07, 6.45) is 7.26. The lowest BCUT2D eigenvalue weighted by molar-refractivity contribution is -0.124. The van der Waals surface area contributed by atoms with Crippen molar-refractivity contribution in [1.82, 2.24) is 0 Å². The molecule has 1 amide bonds. The highest BCUT2D eigenvalue weighted by Gasteiger charge is 2.37. The number of nitrogens with zero attached hydrogens (tertiary/aromatic N) is 1. The van der Waals surface area contributed by atoms with E-state index in [9.17, 15) is 9.59 Å². The van der Waals surface area contributed by atoms with Gasteiger partial charge in [0.2, 0.25) is 5.91 Å². The number of aliphatic hydroxyl groups excluding tert-OH is 1. The number of amides is 1. The van der Waals surface area contributed by atoms with Crippen LogP contribution in [-0.4, -0.2) is 49.5 Å². The standard InChI is InChI=1S/C27H39NO5S/c1-18(2)5-14-23-17-24(25(34-23)27(31)32-4)28(26(30)20-8-6-19(3)7-9-20)21-10-12-22(13-11-21)33-16-15-29/h17-22,29H,6-13,15-16H2,1-4H3. The molecule has 6 nitrogen and oxygen atoms in total. The monoisotopic (exact) mass is 489 g/mol. The molecule has 34 heavy (non-hydrogen) atoms. The van der Waals surface area contributed by atoms with Gasteiger partial charge in [-0.1, -0.05) is 32.6 Å². The van der Waals surface area contributed by atoms with Gasteiger partial charge in [-0.25, -0.2) is 4.79 Å². The predicted octanol–water partition coefficient (Wildman–Crippen LogP) is 5.02. The Morgan fingerprint density at radius 2 is 1.82 bits per heavy atom. The lowest BCUT2D eigenvalue weighted by atomic mass is 9.81. The van der Waals surface area contributed by atoms with E-state index in [1.807, 2.05) is 24.8 Å². The molecule has 0 unspecified atom stereocenters. The quantitative estimate of drug-likeness (QED) is 0.430. The van der Waals surface area contributed by atoms with Crippen molar-refractivity contribution in [1.29, 1.82) is 0 Å². The van der Waals surface area contributed by atoms with Crippen molar-refractivity contribution in [3.8, 4) is 11.8 Å². The maximum Gasteiger partial charge on any atom is 0.350 e. The molecule has 3 rings (SSSR count). The van der Waals surface area contributed by atoms with Crippen molar-refractivity contribution in [2.75, 3.05) is 25.2 Å². The number of methoxy groups -OCH3 is 1. The molecule has 0 aliphatic heterocycles. The first-order valence-electron chi connectivity index (χ1n) is 12.6. The number of anilines is 1. The van der Waals surface area contributed by atoms with E-state index in [2.05, 4.69) is 18.8 Å². The van der Waals surface area contributed by atoms with E-state index < -0.39 is 5.97 Å². The number of esters is 1. The van der Waals surface area contributed by atoms with E-state index in [0.29, 0.717) is 23.1 Å². The van der Waals surface area contributed by atoms with Gasteiger partial charge >= 0.3 is 5.97 Å². The number of carbonyl (C=O) groups is 2. The van der Waals surface area contributed by atoms with Crippen LogP contribution >= 0.6 is 11.3 Å². The normalized spacial score (nSPS) is 24.9. The van der Waals surface area contributed by atoms with Crippen molar-refractivity contribution in [3.05, 3.63) is 15.8 Å². The van der Waals surface area contributed by atoms with Gasteiger partial charge in [0.05, 0.1) is 37.0 Å². The molecule has 2 saturated carbocycles. The summed E-state index contributed by atoms with van der Waals surface area (Å²) in [5.41, 5.74) is 0.647. The van der Waals surface area contributed by atoms with Crippen molar-refractivity contribution in [3.63, 3.8) is 0 Å². The van der Waals surface area contributed by atoms with Crippen LogP contribution in [0.2, 0.25) is 0 Å². The maximum absolute atomic E-state index is 14.0. The summed E-state index contributed by atoms with van der Waals surface area (Å²) in [6, 6.07) is 1.91. The van der Waals surface area contributed by atoms with Crippen LogP contribution in [0.4, 0.5) is 5.69 Å². The van der Waals surface area contributed by atoms with E-state index in [4.69, 9.17) is 14.6 Å². The number of rotatable bonds is 7. The van der Waals surface area contributed by atoms with Gasteiger partial charge in [0, 0.05) is 17.9 Å². The molecule has 1 aromatic rings. The Labute approximate surface area is 208 Å². The first-order chi connectivity index (χ1) is 16.3. The Hall–Kier alpha value is -1.88. The van der Waals surface area contributed by atoms with Gasteiger partial charge in [0.15, 0.2) is 0 Å². The van der Waals surface area contributed by atoms with E-state index >= 15 is 0 Å². The zero-order valence-corrected chi connectivity index (χ0v) is 21.8. The minimum absolute atomic E-state index is 0.00439. The number of carbonyl (C=O) groups excluding carboxylic acids is 2. The molecule has 0 radical (unpaired) electrons. The first-order valence-corrected chi connectivity index (χ1v) is 13.4. The molecule has 2 fully saturated rings. The average molecular weight is 490 g/mol. The maximum atomic E-state index is 14.0. The Morgan fingerprint density at radius 1 is 1.15 bits per heavy atom. The number of thiophene rings is 1. The summed E-state index contributed by atoms with van der Waals surface area (Å²) >= 11 is 1.31. The fraction of sp³-hybridized carbons (Fsp3) is 0.704. The zero-order chi connectivity index (χ0) is 24.7. The molecule has 0 aromatic carbocycles. The van der Waals surface area contributed by atoms with E-state index in [-0.39, 0.29) is 36.5 Å². The predicted molar refractivity (Wildman–Crippen MR) is 135 cm³/mol. The molecule has 0 saturated heterocycles. The van der Waals surface area contributed by atoms with E-state index in [1.54, 1.807) is 0 Å². The summed E-state index contributed by atoms with van der Waals surface area (Å²) in [5, 5.41) is 9.08. The lowest BCUT2D eigenvalue weighted by Crippen LogP contribution is -2.47. The van der Waals surface area contributed by atoms with Crippen LogP contribution in [0.1, 0.15) is 86.7 Å². The fourth-order valence-corrected chi connectivity index (χ4v) is 5.89. The molecular formula is C27H39NO5S. The second kappa shape index (κ2) is 12.7. The third-order valence-electron chi connectivity index (χ3n) is 6.88. The highest BCUT2D eigenvalue weighted by Crippen LogP contribution is 2.39. The highest BCUT2D eigenvalue weighted by molar-refractivity contribution is 7.15. The average Bonchev–Trinajstić information content (AvgIpc) is 3.26. The molecule has 0 bridgehead atoms. The molecular weight excluding hydrogens is 450 g/mol. The second-order valence-corrected chi connectivity index (χ2v) is 11.0. The van der Waals surface area contributed by atoms with Crippen molar-refractivity contribution in [2.45, 2.75) is 84.3 Å². The SMILES string of the molecule is COC(=O)c1sc(C#CC(C)C)cc1N(C(=O)C1CCC(C)CC1)C1CCC(OCCO)CC1. The minimum Gasteiger partial charge on any atom is -0.465 e. The van der Waals surface area contributed by atoms with Crippen LogP contribution in [0.15, 0.2) is 6.07 Å². The van der Waals surface area contributed by atoms with Crippen LogP contribution in [0.5, 0.6) is 0 Å². The van der Waals surface area contributed by atoms with Crippen molar-refractivity contribution in [2.24, 2.45) is 17.8 Å². The summed E-state index contributed by atoms with van der Waals surface area (Å²) < 4.78 is 10.8. The van der Waals surface area contributed by atoms with Crippen LogP contribution in [-0.2, 0) is 14.3 Å². The number of aliphatic hydroxyl groups is 1. The third kappa shape index (κ3) is 6.84. The van der Waals surface area contributed by atoms with Gasteiger partial charge < -0.3 is 19.5 Å². The lowest BCUT2D eigenvalue weighted by Gasteiger charge is -2.39. The molecule has 1 heterocycles. The van der Waals surface area contributed by atoms with Crippen LogP contribution in [0.3, 0.4) is 0 Å².